The summed E-state index contributed by atoms with van der Waals surface area (Å²) in [4.78, 5) is 4.11. The first kappa shape index (κ1) is 11.6. The lowest BCUT2D eigenvalue weighted by atomic mass is 10.2. The fourth-order valence-electron chi connectivity index (χ4n) is 1.49. The van der Waals surface area contributed by atoms with Gasteiger partial charge in [-0.25, -0.2) is 4.98 Å². The molecule has 0 amide bonds. The first-order valence-electron chi connectivity index (χ1n) is 5.54. The molecule has 0 aromatic carbocycles. The highest BCUT2D eigenvalue weighted by molar-refractivity contribution is 5.31. The number of ether oxygens (including phenoxy) is 1. The zero-order chi connectivity index (χ0) is 12.3. The molecule has 1 N–H and O–H groups in total. The fourth-order valence-corrected chi connectivity index (χ4v) is 1.49. The summed E-state index contributed by atoms with van der Waals surface area (Å²) >= 11 is 0. The molecular formula is C12H15N3O2. The maximum atomic E-state index is 9.59. The monoisotopic (exact) mass is 233 g/mol. The Hall–Kier alpha value is -1.88. The summed E-state index contributed by atoms with van der Waals surface area (Å²) in [5.41, 5.74) is 0.664. The predicted molar refractivity (Wildman–Crippen MR) is 62.8 cm³/mol. The van der Waals surface area contributed by atoms with Gasteiger partial charge in [0.1, 0.15) is 0 Å². The summed E-state index contributed by atoms with van der Waals surface area (Å²) in [7, 11) is 0. The van der Waals surface area contributed by atoms with Crippen LogP contribution in [0, 0.1) is 0 Å². The van der Waals surface area contributed by atoms with E-state index in [9.17, 15) is 5.11 Å². The van der Waals surface area contributed by atoms with Crippen molar-refractivity contribution in [1.82, 2.24) is 14.8 Å². The van der Waals surface area contributed by atoms with Crippen molar-refractivity contribution in [3.05, 3.63) is 36.3 Å². The number of nitrogens with zero attached hydrogens (tertiary/aromatic N) is 3. The second kappa shape index (κ2) is 4.97. The molecule has 17 heavy (non-hydrogen) atoms. The third-order valence-electron chi connectivity index (χ3n) is 2.40. The molecule has 2 heterocycles. The average Bonchev–Trinajstić information content (AvgIpc) is 2.77. The molecule has 0 bridgehead atoms. The molecular weight excluding hydrogens is 218 g/mol. The summed E-state index contributed by atoms with van der Waals surface area (Å²) < 4.78 is 7.36. The van der Waals surface area contributed by atoms with Crippen LogP contribution in [0.3, 0.4) is 0 Å². The highest BCUT2D eigenvalue weighted by Gasteiger charge is 2.11. The van der Waals surface area contributed by atoms with E-state index in [1.165, 1.54) is 0 Å². The van der Waals surface area contributed by atoms with Crippen LogP contribution in [0.4, 0.5) is 0 Å². The van der Waals surface area contributed by atoms with E-state index in [0.717, 1.165) is 6.54 Å². The molecule has 5 heteroatoms. The predicted octanol–water partition coefficient (Wildman–Crippen LogP) is 2.14. The van der Waals surface area contributed by atoms with Gasteiger partial charge in [-0.05, 0) is 26.0 Å². The van der Waals surface area contributed by atoms with Crippen molar-refractivity contribution in [2.24, 2.45) is 0 Å². The van der Waals surface area contributed by atoms with Crippen molar-refractivity contribution in [2.45, 2.75) is 26.5 Å². The minimum atomic E-state index is -0.611. The number of aryl methyl sites for hydroxylation is 1. The number of hydrogen-bond donors (Lipinski definition) is 1. The molecule has 0 radical (unpaired) electrons. The van der Waals surface area contributed by atoms with Gasteiger partial charge in [0.15, 0.2) is 5.75 Å². The molecule has 5 nitrogen and oxygen atoms in total. The minimum Gasteiger partial charge on any atom is -0.435 e. The lowest BCUT2D eigenvalue weighted by molar-refractivity contribution is 0.194. The maximum absolute atomic E-state index is 9.59. The van der Waals surface area contributed by atoms with Crippen LogP contribution in [0.5, 0.6) is 11.6 Å². The molecule has 90 valence electrons. The largest absolute Gasteiger partial charge is 0.435 e. The molecule has 2 aromatic rings. The van der Waals surface area contributed by atoms with Crippen LogP contribution in [-0.4, -0.2) is 19.9 Å². The Balaban J connectivity index is 2.23. The van der Waals surface area contributed by atoms with Gasteiger partial charge in [0.05, 0.1) is 18.5 Å². The smallest absolute Gasteiger partial charge is 0.225 e. The Morgan fingerprint density at radius 1 is 1.53 bits per heavy atom. The highest BCUT2D eigenvalue weighted by Crippen LogP contribution is 2.26. The molecule has 0 aliphatic carbocycles. The summed E-state index contributed by atoms with van der Waals surface area (Å²) in [5.74, 6) is 1.03. The SMILES string of the molecule is CCn1cc(Oc2ncccc2[C@H](C)O)cn1. The number of aliphatic hydroxyl groups is 1. The van der Waals surface area contributed by atoms with Crippen molar-refractivity contribution >= 4 is 0 Å². The number of aromatic nitrogens is 3. The number of pyridine rings is 1. The molecule has 0 aliphatic heterocycles. The lowest BCUT2D eigenvalue weighted by Gasteiger charge is -2.09. The summed E-state index contributed by atoms with van der Waals surface area (Å²) in [5, 5.41) is 13.7. The van der Waals surface area contributed by atoms with Gasteiger partial charge in [0.25, 0.3) is 0 Å². The Labute approximate surface area is 99.7 Å². The van der Waals surface area contributed by atoms with Crippen molar-refractivity contribution in [1.29, 1.82) is 0 Å². The van der Waals surface area contributed by atoms with Crippen LogP contribution in [0.2, 0.25) is 0 Å². The van der Waals surface area contributed by atoms with Gasteiger partial charge < -0.3 is 9.84 Å². The summed E-state index contributed by atoms with van der Waals surface area (Å²) in [6.45, 7) is 4.47. The van der Waals surface area contributed by atoms with E-state index in [1.54, 1.807) is 42.3 Å². The zero-order valence-electron chi connectivity index (χ0n) is 9.87. The first-order valence-corrected chi connectivity index (χ1v) is 5.54. The topological polar surface area (TPSA) is 60.2 Å². The van der Waals surface area contributed by atoms with Gasteiger partial charge in [-0.2, -0.15) is 5.10 Å². The van der Waals surface area contributed by atoms with Crippen LogP contribution in [0.1, 0.15) is 25.5 Å². The molecule has 0 aliphatic rings. The minimum absolute atomic E-state index is 0.415. The van der Waals surface area contributed by atoms with E-state index in [1.807, 2.05) is 6.92 Å². The second-order valence-corrected chi connectivity index (χ2v) is 3.71. The molecule has 2 rings (SSSR count). The zero-order valence-corrected chi connectivity index (χ0v) is 9.87. The molecule has 0 unspecified atom stereocenters. The van der Waals surface area contributed by atoms with Crippen LogP contribution in [0.15, 0.2) is 30.7 Å². The molecule has 2 aromatic heterocycles. The van der Waals surface area contributed by atoms with E-state index in [-0.39, 0.29) is 0 Å². The van der Waals surface area contributed by atoms with Gasteiger partial charge >= 0.3 is 0 Å². The molecule has 0 saturated carbocycles. The van der Waals surface area contributed by atoms with Gasteiger partial charge in [-0.3, -0.25) is 4.68 Å². The number of rotatable bonds is 4. The average molecular weight is 233 g/mol. The van der Waals surface area contributed by atoms with Crippen LogP contribution >= 0.6 is 0 Å². The van der Waals surface area contributed by atoms with E-state index >= 15 is 0 Å². The van der Waals surface area contributed by atoms with E-state index in [0.29, 0.717) is 17.2 Å². The number of hydrogen-bond acceptors (Lipinski definition) is 4. The molecule has 0 fully saturated rings. The van der Waals surface area contributed by atoms with Gasteiger partial charge in [-0.15, -0.1) is 0 Å². The Kier molecular flexibility index (Phi) is 3.39. The molecule has 0 spiro atoms. The van der Waals surface area contributed by atoms with Gasteiger partial charge in [0.2, 0.25) is 5.88 Å². The van der Waals surface area contributed by atoms with Crippen LogP contribution < -0.4 is 4.74 Å². The first-order chi connectivity index (χ1) is 8.20. The Morgan fingerprint density at radius 3 is 3.00 bits per heavy atom. The van der Waals surface area contributed by atoms with Gasteiger partial charge in [0, 0.05) is 18.3 Å². The molecule has 1 atom stereocenters. The third-order valence-corrected chi connectivity index (χ3v) is 2.40. The molecule has 0 saturated heterocycles. The van der Waals surface area contributed by atoms with Crippen molar-refractivity contribution in [3.8, 4) is 11.6 Å². The third kappa shape index (κ3) is 2.62. The Morgan fingerprint density at radius 2 is 2.35 bits per heavy atom. The Bertz CT molecular complexity index is 494. The van der Waals surface area contributed by atoms with E-state index in [4.69, 9.17) is 4.74 Å². The van der Waals surface area contributed by atoms with Gasteiger partial charge in [-0.1, -0.05) is 0 Å². The second-order valence-electron chi connectivity index (χ2n) is 3.71. The van der Waals surface area contributed by atoms with E-state index < -0.39 is 6.10 Å². The standard InChI is InChI=1S/C12H15N3O2/c1-3-15-8-10(7-14-15)17-12-11(9(2)16)5-4-6-13-12/h4-9,16H,3H2,1-2H3/t9-/m0/s1. The van der Waals surface area contributed by atoms with Crippen molar-refractivity contribution in [2.75, 3.05) is 0 Å². The maximum Gasteiger partial charge on any atom is 0.225 e. The summed E-state index contributed by atoms with van der Waals surface area (Å²) in [6, 6.07) is 3.56. The summed E-state index contributed by atoms with van der Waals surface area (Å²) in [6.07, 6.45) is 4.44. The number of aliphatic hydroxyl groups excluding tert-OH is 1. The lowest BCUT2D eigenvalue weighted by Crippen LogP contribution is -1.97. The van der Waals surface area contributed by atoms with Crippen molar-refractivity contribution in [3.63, 3.8) is 0 Å². The highest BCUT2D eigenvalue weighted by atomic mass is 16.5. The van der Waals surface area contributed by atoms with E-state index in [2.05, 4.69) is 10.1 Å². The normalized spacial score (nSPS) is 12.4. The van der Waals surface area contributed by atoms with Crippen molar-refractivity contribution < 1.29 is 9.84 Å². The van der Waals surface area contributed by atoms with Crippen LogP contribution in [0.25, 0.3) is 0 Å². The quantitative estimate of drug-likeness (QED) is 0.878. The van der Waals surface area contributed by atoms with Crippen LogP contribution in [-0.2, 0) is 6.54 Å². The fraction of sp³-hybridized carbons (Fsp3) is 0.333.